The van der Waals surface area contributed by atoms with Gasteiger partial charge in [-0.2, -0.15) is 4.52 Å². The van der Waals surface area contributed by atoms with Crippen molar-refractivity contribution in [3.05, 3.63) is 92.7 Å². The Kier molecular flexibility index (Phi) is 4.32. The van der Waals surface area contributed by atoms with Crippen molar-refractivity contribution in [3.8, 4) is 5.69 Å². The van der Waals surface area contributed by atoms with Crippen molar-refractivity contribution in [2.24, 2.45) is 0 Å². The lowest BCUT2D eigenvalue weighted by molar-refractivity contribution is 0.764. The van der Waals surface area contributed by atoms with Gasteiger partial charge in [-0.1, -0.05) is 35.3 Å². The van der Waals surface area contributed by atoms with Gasteiger partial charge in [-0.3, -0.25) is 9.78 Å². The van der Waals surface area contributed by atoms with Crippen LogP contribution in [0.3, 0.4) is 0 Å². The number of pyridine rings is 1. The van der Waals surface area contributed by atoms with E-state index in [0.29, 0.717) is 21.5 Å². The molecule has 7 heteroatoms. The molecule has 0 unspecified atom stereocenters. The van der Waals surface area contributed by atoms with Crippen LogP contribution in [-0.4, -0.2) is 19.2 Å². The third kappa shape index (κ3) is 3.14. The van der Waals surface area contributed by atoms with Crippen molar-refractivity contribution in [3.63, 3.8) is 0 Å². The third-order valence-corrected chi connectivity index (χ3v) is 4.31. The Morgan fingerprint density at radius 2 is 1.81 bits per heavy atom. The first-order valence-electron chi connectivity index (χ1n) is 7.77. The number of rotatable bonds is 3. The molecule has 0 saturated heterocycles. The first-order valence-corrected chi connectivity index (χ1v) is 8.53. The number of hydrogen-bond donors (Lipinski definition) is 0. The van der Waals surface area contributed by atoms with Crippen LogP contribution in [0.4, 0.5) is 0 Å². The molecule has 0 spiro atoms. The number of aromatic nitrogens is 4. The number of halogens is 2. The molecule has 0 aliphatic rings. The molecule has 3 aromatic heterocycles. The van der Waals surface area contributed by atoms with Crippen LogP contribution in [0.5, 0.6) is 0 Å². The average Bonchev–Trinajstić information content (AvgIpc) is 2.98. The Morgan fingerprint density at radius 3 is 2.54 bits per heavy atom. The Hall–Kier alpha value is -2.89. The van der Waals surface area contributed by atoms with Crippen LogP contribution in [0.15, 0.2) is 65.7 Å². The first kappa shape index (κ1) is 16.6. The summed E-state index contributed by atoms with van der Waals surface area (Å²) in [6.45, 7) is 0. The summed E-state index contributed by atoms with van der Waals surface area (Å²) < 4.78 is 3.02. The monoisotopic (exact) mass is 382 g/mol. The second-order valence-electron chi connectivity index (χ2n) is 5.56. The number of fused-ring (bicyclic) bond motifs is 1. The van der Waals surface area contributed by atoms with Crippen LogP contribution in [0.2, 0.25) is 10.2 Å². The highest BCUT2D eigenvalue weighted by molar-refractivity contribution is 6.31. The van der Waals surface area contributed by atoms with Crippen LogP contribution in [0, 0.1) is 0 Å². The molecule has 0 N–H and O–H groups in total. The van der Waals surface area contributed by atoms with Gasteiger partial charge >= 0.3 is 0 Å². The van der Waals surface area contributed by atoms with Gasteiger partial charge in [0, 0.05) is 29.5 Å². The lowest BCUT2D eigenvalue weighted by Gasteiger charge is -2.08. The summed E-state index contributed by atoms with van der Waals surface area (Å²) in [5, 5.41) is 0.986. The minimum absolute atomic E-state index is 0.234. The van der Waals surface area contributed by atoms with E-state index in [1.807, 2.05) is 18.2 Å². The van der Waals surface area contributed by atoms with E-state index in [1.165, 1.54) is 10.6 Å². The van der Waals surface area contributed by atoms with Gasteiger partial charge in [-0.15, -0.1) is 0 Å². The second kappa shape index (κ2) is 6.78. The molecule has 0 aliphatic carbocycles. The van der Waals surface area contributed by atoms with Crippen molar-refractivity contribution < 1.29 is 0 Å². The Bertz CT molecular complexity index is 1160. The van der Waals surface area contributed by atoms with Crippen LogP contribution >= 0.6 is 23.2 Å². The quantitative estimate of drug-likeness (QED) is 0.528. The summed E-state index contributed by atoms with van der Waals surface area (Å²) in [7, 11) is 0. The van der Waals surface area contributed by atoms with Crippen LogP contribution in [0.1, 0.15) is 11.3 Å². The minimum atomic E-state index is -0.234. The van der Waals surface area contributed by atoms with Gasteiger partial charge in [0.05, 0.1) is 11.4 Å². The van der Waals surface area contributed by atoms with Gasteiger partial charge in [-0.25, -0.2) is 9.67 Å². The van der Waals surface area contributed by atoms with Gasteiger partial charge in [0.15, 0.2) is 5.65 Å². The third-order valence-electron chi connectivity index (χ3n) is 3.79. The zero-order valence-electron chi connectivity index (χ0n) is 13.4. The largest absolute Gasteiger partial charge is 0.273 e. The summed E-state index contributed by atoms with van der Waals surface area (Å²) in [5.41, 5.74) is 2.41. The molecule has 4 rings (SSSR count). The van der Waals surface area contributed by atoms with E-state index in [2.05, 4.69) is 9.97 Å². The highest BCUT2D eigenvalue weighted by Crippen LogP contribution is 2.21. The zero-order valence-corrected chi connectivity index (χ0v) is 14.9. The van der Waals surface area contributed by atoms with Gasteiger partial charge in [-0.05, 0) is 42.0 Å². The summed E-state index contributed by atoms with van der Waals surface area (Å²) in [4.78, 5) is 21.2. The molecule has 1 aromatic carbocycles. The standard InChI is InChI=1S/C19H12Cl2N4O/c20-14-4-7-16(8-5-14)24-17(21)11-18-23-15(10-19(26)25(18)24)6-3-13-2-1-9-22-12-13/h1-12H/b6-3+. The molecule has 0 radical (unpaired) electrons. The molecule has 0 fully saturated rings. The van der Waals surface area contributed by atoms with E-state index in [4.69, 9.17) is 23.2 Å². The van der Waals surface area contributed by atoms with Crippen LogP contribution in [-0.2, 0) is 0 Å². The number of hydrogen-bond acceptors (Lipinski definition) is 3. The molecule has 26 heavy (non-hydrogen) atoms. The van der Waals surface area contributed by atoms with E-state index in [1.54, 1.807) is 53.5 Å². The highest BCUT2D eigenvalue weighted by Gasteiger charge is 2.12. The normalized spacial score (nSPS) is 11.5. The van der Waals surface area contributed by atoms with Crippen molar-refractivity contribution in [1.29, 1.82) is 0 Å². The minimum Gasteiger partial charge on any atom is -0.267 e. The maximum Gasteiger partial charge on any atom is 0.273 e. The Morgan fingerprint density at radius 1 is 1.00 bits per heavy atom. The fourth-order valence-electron chi connectivity index (χ4n) is 2.63. The maximum atomic E-state index is 12.7. The molecule has 4 aromatic rings. The Balaban J connectivity index is 1.81. The van der Waals surface area contributed by atoms with Gasteiger partial charge in [0.2, 0.25) is 0 Å². The molecule has 0 atom stereocenters. The fourth-order valence-corrected chi connectivity index (χ4v) is 3.03. The molecule has 0 amide bonds. The SMILES string of the molecule is O=c1cc(/C=C/c2cccnc2)nc2cc(Cl)n(-c3ccc(Cl)cc3)n12. The second-order valence-corrected chi connectivity index (χ2v) is 6.39. The van der Waals surface area contributed by atoms with Gasteiger partial charge < -0.3 is 0 Å². The summed E-state index contributed by atoms with van der Waals surface area (Å²) in [6, 6.07) is 13.9. The molecule has 0 saturated carbocycles. The first-order chi connectivity index (χ1) is 12.6. The smallest absolute Gasteiger partial charge is 0.267 e. The topological polar surface area (TPSA) is 52.2 Å². The van der Waals surface area contributed by atoms with Crippen molar-refractivity contribution in [1.82, 2.24) is 19.2 Å². The van der Waals surface area contributed by atoms with E-state index >= 15 is 0 Å². The Labute approximate surface area is 158 Å². The molecular weight excluding hydrogens is 371 g/mol. The fraction of sp³-hybridized carbons (Fsp3) is 0. The van der Waals surface area contributed by atoms with Crippen LogP contribution in [0.25, 0.3) is 23.5 Å². The summed E-state index contributed by atoms with van der Waals surface area (Å²) in [6.07, 6.45) is 7.06. The number of nitrogens with zero attached hydrogens (tertiary/aromatic N) is 4. The highest BCUT2D eigenvalue weighted by atomic mass is 35.5. The van der Waals surface area contributed by atoms with E-state index in [9.17, 15) is 4.79 Å². The van der Waals surface area contributed by atoms with Crippen molar-refractivity contribution >= 4 is 41.0 Å². The summed E-state index contributed by atoms with van der Waals surface area (Å²) >= 11 is 12.3. The van der Waals surface area contributed by atoms with Crippen molar-refractivity contribution in [2.75, 3.05) is 0 Å². The lowest BCUT2D eigenvalue weighted by Crippen LogP contribution is -2.20. The van der Waals surface area contributed by atoms with E-state index < -0.39 is 0 Å². The predicted octanol–water partition coefficient (Wildman–Crippen LogP) is 4.36. The zero-order chi connectivity index (χ0) is 18.1. The molecule has 3 heterocycles. The van der Waals surface area contributed by atoms with E-state index in [-0.39, 0.29) is 5.56 Å². The number of benzene rings is 1. The van der Waals surface area contributed by atoms with Crippen molar-refractivity contribution in [2.45, 2.75) is 0 Å². The average molecular weight is 383 g/mol. The molecular formula is C19H12Cl2N4O. The molecule has 0 aliphatic heterocycles. The van der Waals surface area contributed by atoms with Gasteiger partial charge in [0.25, 0.3) is 5.56 Å². The predicted molar refractivity (Wildman–Crippen MR) is 104 cm³/mol. The summed E-state index contributed by atoms with van der Waals surface area (Å²) in [5.74, 6) is 0. The molecule has 128 valence electrons. The van der Waals surface area contributed by atoms with E-state index in [0.717, 1.165) is 11.3 Å². The maximum absolute atomic E-state index is 12.7. The van der Waals surface area contributed by atoms with Crippen LogP contribution < -0.4 is 5.56 Å². The van der Waals surface area contributed by atoms with Gasteiger partial charge in [0.1, 0.15) is 5.15 Å². The lowest BCUT2D eigenvalue weighted by atomic mass is 10.2. The molecule has 5 nitrogen and oxygen atoms in total. The molecule has 0 bridgehead atoms.